The summed E-state index contributed by atoms with van der Waals surface area (Å²) in [5, 5.41) is 2.98. The van der Waals surface area contributed by atoms with Crippen LogP contribution in [0.5, 0.6) is 0 Å². The molecule has 67 heavy (non-hydrogen) atoms. The molecule has 0 aliphatic carbocycles. The van der Waals surface area contributed by atoms with E-state index in [1.54, 1.807) is 0 Å². The molecule has 0 aromatic rings. The van der Waals surface area contributed by atoms with Crippen LogP contribution in [-0.4, -0.2) is 74.3 Å². The lowest BCUT2D eigenvalue weighted by Crippen LogP contribution is -2.47. The van der Waals surface area contributed by atoms with Crippen molar-refractivity contribution in [2.45, 2.75) is 226 Å². The van der Waals surface area contributed by atoms with Crippen molar-refractivity contribution in [3.05, 3.63) is 85.1 Å². The molecule has 0 fully saturated rings. The lowest BCUT2D eigenvalue weighted by atomic mass is 10.1. The first-order valence-electron chi connectivity index (χ1n) is 26.9. The van der Waals surface area contributed by atoms with Crippen molar-refractivity contribution in [1.29, 1.82) is 0 Å². The van der Waals surface area contributed by atoms with Crippen LogP contribution in [0.2, 0.25) is 0 Å². The van der Waals surface area contributed by atoms with Gasteiger partial charge < -0.3 is 19.4 Å². The number of ether oxygens (including phenoxy) is 1. The SMILES string of the molecule is CC/C=C/C/C=C/C/C=C/C/C=C/C/C=C/CCC(=O)NC(COP(=O)(O)OCC[N+](C)(C)C)C(/C=C/CCCCCCCCCCC)OC(=O)CCCCC/C=C\CCCCCCCCC. The summed E-state index contributed by atoms with van der Waals surface area (Å²) >= 11 is 0. The monoisotopic (exact) mass is 958 g/mol. The van der Waals surface area contributed by atoms with E-state index in [0.717, 1.165) is 77.0 Å². The molecule has 3 unspecified atom stereocenters. The standard InChI is InChI=1S/C57H101N2O7P/c1-7-10-13-16-19-22-25-27-29-30-31-34-37-40-43-46-49-56(60)58-54(53-65-67(62,63)64-52-51-59(4,5)6)55(48-45-42-39-36-33-24-21-18-15-12-9-3)66-57(61)50-47-44-41-38-35-32-28-26-23-20-17-14-11-8-2/h10,13,19,22,27,29,31-32,34-35,40,43,45,48,54-55H,7-9,11-12,14-18,20-21,23-26,28,30,33,36-39,41-42,44,46-47,49-53H2,1-6H3,(H-,58,60,62,63)/p+1/b13-10+,22-19+,29-27+,34-31+,35-32-,43-40+,48-45+. The lowest BCUT2D eigenvalue weighted by Gasteiger charge is -2.27. The van der Waals surface area contributed by atoms with Gasteiger partial charge in [0.2, 0.25) is 5.91 Å². The Bertz CT molecular complexity index is 1430. The minimum atomic E-state index is -4.46. The molecule has 2 N–H and O–H groups in total. The predicted molar refractivity (Wildman–Crippen MR) is 286 cm³/mol. The van der Waals surface area contributed by atoms with Crippen LogP contribution in [0.1, 0.15) is 213 Å². The van der Waals surface area contributed by atoms with E-state index in [0.29, 0.717) is 23.9 Å². The van der Waals surface area contributed by atoms with Gasteiger partial charge in [-0.2, -0.15) is 0 Å². The molecular formula is C57H102N2O7P+. The van der Waals surface area contributed by atoms with Crippen LogP contribution in [0, 0.1) is 0 Å². The molecule has 0 heterocycles. The van der Waals surface area contributed by atoms with Gasteiger partial charge in [0.15, 0.2) is 0 Å². The zero-order valence-electron chi connectivity index (χ0n) is 43.9. The van der Waals surface area contributed by atoms with E-state index in [1.165, 1.54) is 89.9 Å². The van der Waals surface area contributed by atoms with E-state index in [1.807, 2.05) is 45.4 Å². The summed E-state index contributed by atoms with van der Waals surface area (Å²) in [6, 6.07) is -0.895. The number of likely N-dealkylation sites (N-methyl/N-ethyl adjacent to an activating group) is 1. The second-order valence-corrected chi connectivity index (χ2v) is 20.5. The molecule has 0 aliphatic rings. The number of unbranched alkanes of at least 4 members (excludes halogenated alkanes) is 19. The van der Waals surface area contributed by atoms with E-state index in [9.17, 15) is 19.0 Å². The number of carbonyl (C=O) groups excluding carboxylic acids is 2. The number of rotatable bonds is 47. The third-order valence-corrected chi connectivity index (χ3v) is 12.3. The minimum absolute atomic E-state index is 0.0214. The second kappa shape index (κ2) is 46.9. The predicted octanol–water partition coefficient (Wildman–Crippen LogP) is 15.9. The number of phosphoric ester groups is 1. The number of phosphoric acid groups is 1. The molecular weight excluding hydrogens is 856 g/mol. The molecule has 10 heteroatoms. The quantitative estimate of drug-likeness (QED) is 0.0205. The van der Waals surface area contributed by atoms with Crippen molar-refractivity contribution in [2.75, 3.05) is 40.9 Å². The van der Waals surface area contributed by atoms with Gasteiger partial charge in [0.1, 0.15) is 19.3 Å². The number of allylic oxidation sites excluding steroid dienone is 13. The summed E-state index contributed by atoms with van der Waals surface area (Å²) in [6.07, 6.45) is 60.3. The Morgan fingerprint density at radius 2 is 0.970 bits per heavy atom. The highest BCUT2D eigenvalue weighted by atomic mass is 31.2. The Labute approximate surface area is 412 Å². The molecule has 0 rings (SSSR count). The maximum Gasteiger partial charge on any atom is 0.472 e. The van der Waals surface area contributed by atoms with E-state index in [-0.39, 0.29) is 37.9 Å². The number of nitrogens with one attached hydrogen (secondary N) is 1. The molecule has 0 bridgehead atoms. The summed E-state index contributed by atoms with van der Waals surface area (Å²) < 4.78 is 30.4. The van der Waals surface area contributed by atoms with Crippen molar-refractivity contribution >= 4 is 19.7 Å². The molecule has 0 aromatic heterocycles. The van der Waals surface area contributed by atoms with Crippen molar-refractivity contribution in [3.63, 3.8) is 0 Å². The number of quaternary nitrogens is 1. The van der Waals surface area contributed by atoms with E-state index < -0.39 is 20.0 Å². The molecule has 0 radical (unpaired) electrons. The second-order valence-electron chi connectivity index (χ2n) is 19.0. The Balaban J connectivity index is 5.53. The zero-order valence-corrected chi connectivity index (χ0v) is 44.8. The van der Waals surface area contributed by atoms with Crippen LogP contribution < -0.4 is 5.32 Å². The average molecular weight is 958 g/mol. The smallest absolute Gasteiger partial charge is 0.456 e. The highest BCUT2D eigenvalue weighted by Gasteiger charge is 2.30. The van der Waals surface area contributed by atoms with Gasteiger partial charge >= 0.3 is 13.8 Å². The summed E-state index contributed by atoms with van der Waals surface area (Å²) in [4.78, 5) is 37.4. The third-order valence-electron chi connectivity index (χ3n) is 11.3. The first kappa shape index (κ1) is 64.2. The van der Waals surface area contributed by atoms with E-state index in [4.69, 9.17) is 13.8 Å². The maximum atomic E-state index is 13.4. The Kier molecular flexibility index (Phi) is 44.9. The molecule has 0 saturated heterocycles. The van der Waals surface area contributed by atoms with Gasteiger partial charge in [-0.1, -0.05) is 196 Å². The van der Waals surface area contributed by atoms with Crippen LogP contribution in [0.25, 0.3) is 0 Å². The van der Waals surface area contributed by atoms with Gasteiger partial charge in [-0.15, -0.1) is 0 Å². The average Bonchev–Trinajstić information content (AvgIpc) is 3.28. The van der Waals surface area contributed by atoms with Crippen LogP contribution in [0.3, 0.4) is 0 Å². The normalized spacial score (nSPS) is 14.6. The Hall–Kier alpha value is -2.81. The van der Waals surface area contributed by atoms with Crippen LogP contribution in [-0.2, 0) is 27.9 Å². The molecule has 0 saturated carbocycles. The van der Waals surface area contributed by atoms with Crippen LogP contribution >= 0.6 is 7.82 Å². The number of hydrogen-bond acceptors (Lipinski definition) is 6. The lowest BCUT2D eigenvalue weighted by molar-refractivity contribution is -0.870. The summed E-state index contributed by atoms with van der Waals surface area (Å²) in [5.41, 5.74) is 0. The molecule has 3 atom stereocenters. The summed E-state index contributed by atoms with van der Waals surface area (Å²) in [7, 11) is 1.43. The van der Waals surface area contributed by atoms with Crippen molar-refractivity contribution < 1.29 is 37.3 Å². The first-order chi connectivity index (χ1) is 32.4. The van der Waals surface area contributed by atoms with Crippen molar-refractivity contribution in [2.24, 2.45) is 0 Å². The summed E-state index contributed by atoms with van der Waals surface area (Å²) in [6.45, 7) is 6.79. The molecule has 9 nitrogen and oxygen atoms in total. The maximum absolute atomic E-state index is 13.4. The van der Waals surface area contributed by atoms with Gasteiger partial charge in [-0.3, -0.25) is 18.6 Å². The highest BCUT2D eigenvalue weighted by molar-refractivity contribution is 7.47. The zero-order chi connectivity index (χ0) is 49.4. The topological polar surface area (TPSA) is 111 Å². The molecule has 0 aromatic carbocycles. The van der Waals surface area contributed by atoms with Gasteiger partial charge in [0, 0.05) is 12.8 Å². The van der Waals surface area contributed by atoms with E-state index in [2.05, 4.69) is 86.8 Å². The van der Waals surface area contributed by atoms with Crippen molar-refractivity contribution in [1.82, 2.24) is 5.32 Å². The number of hydrogen-bond donors (Lipinski definition) is 2. The highest BCUT2D eigenvalue weighted by Crippen LogP contribution is 2.43. The third kappa shape index (κ3) is 48.0. The van der Waals surface area contributed by atoms with Crippen molar-refractivity contribution in [3.8, 4) is 0 Å². The molecule has 1 amide bonds. The Morgan fingerprint density at radius 1 is 0.537 bits per heavy atom. The van der Waals surface area contributed by atoms with Gasteiger partial charge in [-0.05, 0) is 89.5 Å². The number of amides is 1. The fourth-order valence-electron chi connectivity index (χ4n) is 7.16. The van der Waals surface area contributed by atoms with Gasteiger partial charge in [0.25, 0.3) is 0 Å². The fraction of sp³-hybridized carbons (Fsp3) is 0.719. The van der Waals surface area contributed by atoms with Gasteiger partial charge in [0.05, 0.1) is 33.8 Å². The van der Waals surface area contributed by atoms with Crippen LogP contribution in [0.15, 0.2) is 85.1 Å². The molecule has 0 spiro atoms. The first-order valence-corrected chi connectivity index (χ1v) is 28.4. The number of nitrogens with zero attached hydrogens (tertiary/aromatic N) is 1. The summed E-state index contributed by atoms with van der Waals surface area (Å²) in [5.74, 6) is -0.627. The largest absolute Gasteiger partial charge is 0.472 e. The van der Waals surface area contributed by atoms with E-state index >= 15 is 0 Å². The molecule has 0 aliphatic heterocycles. The van der Waals surface area contributed by atoms with Gasteiger partial charge in [-0.25, -0.2) is 4.57 Å². The Morgan fingerprint density at radius 3 is 1.46 bits per heavy atom. The number of esters is 1. The minimum Gasteiger partial charge on any atom is -0.456 e. The molecule has 386 valence electrons. The van der Waals surface area contributed by atoms with Crippen LogP contribution in [0.4, 0.5) is 0 Å². The number of carbonyl (C=O) groups is 2. The fourth-order valence-corrected chi connectivity index (χ4v) is 7.89.